The first-order valence-electron chi connectivity index (χ1n) is 8.04. The molecule has 5 aliphatic rings. The third-order valence-corrected chi connectivity index (χ3v) is 6.35. The van der Waals surface area contributed by atoms with E-state index < -0.39 is 0 Å². The van der Waals surface area contributed by atoms with Gasteiger partial charge in [-0.15, -0.1) is 0 Å². The maximum atomic E-state index is 4.09. The van der Waals surface area contributed by atoms with Crippen molar-refractivity contribution in [2.75, 3.05) is 0 Å². The van der Waals surface area contributed by atoms with Crippen molar-refractivity contribution in [2.24, 2.45) is 29.6 Å². The van der Waals surface area contributed by atoms with E-state index in [0.717, 1.165) is 41.7 Å². The number of nitrogens with one attached hydrogen (secondary N) is 1. The van der Waals surface area contributed by atoms with Gasteiger partial charge in [0.05, 0.1) is 0 Å². The lowest BCUT2D eigenvalue weighted by molar-refractivity contribution is -0.0175. The summed E-state index contributed by atoms with van der Waals surface area (Å²) in [7, 11) is 0. The van der Waals surface area contributed by atoms with E-state index in [0.29, 0.717) is 0 Å². The molecule has 0 aromatic heterocycles. The summed E-state index contributed by atoms with van der Waals surface area (Å²) in [6.45, 7) is 2.43. The van der Waals surface area contributed by atoms with Crippen LogP contribution in [0.4, 0.5) is 0 Å². The van der Waals surface area contributed by atoms with Crippen LogP contribution < -0.4 is 5.32 Å². The zero-order valence-electron chi connectivity index (χ0n) is 11.2. The quantitative estimate of drug-likeness (QED) is 0.768. The van der Waals surface area contributed by atoms with E-state index >= 15 is 0 Å². The Morgan fingerprint density at radius 3 is 1.94 bits per heavy atom. The predicted molar refractivity (Wildman–Crippen MR) is 70.8 cm³/mol. The minimum atomic E-state index is 0.868. The molecule has 5 rings (SSSR count). The molecule has 1 N–H and O–H groups in total. The van der Waals surface area contributed by atoms with Crippen LogP contribution in [-0.4, -0.2) is 12.1 Å². The summed E-state index contributed by atoms with van der Waals surface area (Å²) in [5.74, 6) is 5.34. The number of rotatable bonds is 2. The Labute approximate surface area is 106 Å². The van der Waals surface area contributed by atoms with Gasteiger partial charge in [0.1, 0.15) is 0 Å². The molecule has 0 aromatic rings. The Kier molecular flexibility index (Phi) is 2.54. The maximum absolute atomic E-state index is 4.09. The zero-order valence-corrected chi connectivity index (χ0v) is 11.2. The lowest BCUT2D eigenvalue weighted by atomic mass is 9.54. The molecule has 0 radical (unpaired) electrons. The van der Waals surface area contributed by atoms with E-state index in [1.165, 1.54) is 19.3 Å². The van der Waals surface area contributed by atoms with Crippen LogP contribution in [0, 0.1) is 29.6 Å². The highest BCUT2D eigenvalue weighted by Gasteiger charge is 2.48. The molecule has 5 saturated carbocycles. The molecule has 0 saturated heterocycles. The zero-order chi connectivity index (χ0) is 11.4. The SMILES string of the molecule is CC1CCC(NC2C3CC4CC(C3)CC2C4)C1. The fourth-order valence-electron chi connectivity index (χ4n) is 5.83. The van der Waals surface area contributed by atoms with Crippen LogP contribution in [-0.2, 0) is 0 Å². The maximum Gasteiger partial charge on any atom is 0.0127 e. The predicted octanol–water partition coefficient (Wildman–Crippen LogP) is 3.59. The van der Waals surface area contributed by atoms with E-state index in [1.54, 1.807) is 32.1 Å². The highest BCUT2D eigenvalue weighted by atomic mass is 15.0. The van der Waals surface area contributed by atoms with Gasteiger partial charge >= 0.3 is 0 Å². The van der Waals surface area contributed by atoms with Gasteiger partial charge in [0.25, 0.3) is 0 Å². The molecule has 96 valence electrons. The molecule has 4 bridgehead atoms. The largest absolute Gasteiger partial charge is 0.311 e. The molecule has 5 fully saturated rings. The molecule has 17 heavy (non-hydrogen) atoms. The van der Waals surface area contributed by atoms with Crippen LogP contribution in [0.25, 0.3) is 0 Å². The molecule has 2 atom stereocenters. The van der Waals surface area contributed by atoms with E-state index in [4.69, 9.17) is 0 Å². The molecular formula is C16H27N. The summed E-state index contributed by atoms with van der Waals surface area (Å²) >= 11 is 0. The smallest absolute Gasteiger partial charge is 0.0127 e. The normalized spacial score (nSPS) is 56.6. The van der Waals surface area contributed by atoms with Gasteiger partial charge in [0.2, 0.25) is 0 Å². The van der Waals surface area contributed by atoms with Gasteiger partial charge in [0.15, 0.2) is 0 Å². The third-order valence-electron chi connectivity index (χ3n) is 6.35. The molecule has 0 aliphatic heterocycles. The van der Waals surface area contributed by atoms with Gasteiger partial charge in [-0.05, 0) is 81.0 Å². The highest BCUT2D eigenvalue weighted by Crippen LogP contribution is 2.54. The third kappa shape index (κ3) is 1.85. The first kappa shape index (κ1) is 10.8. The van der Waals surface area contributed by atoms with Crippen LogP contribution in [0.2, 0.25) is 0 Å². The standard InChI is InChI=1S/C16H27N/c1-10-2-3-15(4-10)17-16-13-6-11-5-12(8-13)9-14(16)7-11/h10-17H,2-9H2,1H3. The molecular weight excluding hydrogens is 206 g/mol. The summed E-state index contributed by atoms with van der Waals surface area (Å²) in [6.07, 6.45) is 12.2. The molecule has 1 heteroatoms. The van der Waals surface area contributed by atoms with Gasteiger partial charge in [0, 0.05) is 12.1 Å². The lowest BCUT2D eigenvalue weighted by Gasteiger charge is -2.55. The second-order valence-electron chi connectivity index (χ2n) is 7.74. The second-order valence-corrected chi connectivity index (χ2v) is 7.74. The topological polar surface area (TPSA) is 12.0 Å². The van der Waals surface area contributed by atoms with Gasteiger partial charge in [-0.2, -0.15) is 0 Å². The average Bonchev–Trinajstić information content (AvgIpc) is 2.68. The second kappa shape index (κ2) is 3.98. The highest BCUT2D eigenvalue weighted by molar-refractivity contribution is 5.02. The number of hydrogen-bond donors (Lipinski definition) is 1. The molecule has 2 unspecified atom stereocenters. The Morgan fingerprint density at radius 1 is 0.765 bits per heavy atom. The Bertz CT molecular complexity index is 270. The summed E-state index contributed by atoms with van der Waals surface area (Å²) in [6, 6.07) is 1.78. The van der Waals surface area contributed by atoms with E-state index in [9.17, 15) is 0 Å². The Morgan fingerprint density at radius 2 is 1.41 bits per heavy atom. The monoisotopic (exact) mass is 233 g/mol. The van der Waals surface area contributed by atoms with Crippen molar-refractivity contribution in [3.63, 3.8) is 0 Å². The van der Waals surface area contributed by atoms with E-state index in [2.05, 4.69) is 12.2 Å². The molecule has 0 heterocycles. The minimum Gasteiger partial charge on any atom is -0.311 e. The van der Waals surface area contributed by atoms with E-state index in [1.807, 2.05) is 0 Å². The summed E-state index contributed by atoms with van der Waals surface area (Å²) in [5, 5.41) is 4.09. The van der Waals surface area contributed by atoms with Gasteiger partial charge in [-0.3, -0.25) is 0 Å². The van der Waals surface area contributed by atoms with Crippen LogP contribution >= 0.6 is 0 Å². The van der Waals surface area contributed by atoms with Crippen molar-refractivity contribution in [2.45, 2.75) is 70.4 Å². The van der Waals surface area contributed by atoms with Crippen molar-refractivity contribution in [3.05, 3.63) is 0 Å². The van der Waals surface area contributed by atoms with Crippen LogP contribution in [0.3, 0.4) is 0 Å². The van der Waals surface area contributed by atoms with Gasteiger partial charge in [-0.1, -0.05) is 6.92 Å². The first-order valence-corrected chi connectivity index (χ1v) is 8.04. The van der Waals surface area contributed by atoms with Crippen molar-refractivity contribution >= 4 is 0 Å². The van der Waals surface area contributed by atoms with Gasteiger partial charge < -0.3 is 5.32 Å². The fraction of sp³-hybridized carbons (Fsp3) is 1.00. The van der Waals surface area contributed by atoms with Crippen molar-refractivity contribution < 1.29 is 0 Å². The molecule has 5 aliphatic carbocycles. The van der Waals surface area contributed by atoms with Gasteiger partial charge in [-0.25, -0.2) is 0 Å². The van der Waals surface area contributed by atoms with Crippen LogP contribution in [0.1, 0.15) is 58.3 Å². The molecule has 0 amide bonds. The summed E-state index contributed by atoms with van der Waals surface area (Å²) in [4.78, 5) is 0. The fourth-order valence-corrected chi connectivity index (χ4v) is 5.83. The molecule has 0 aromatic carbocycles. The summed E-state index contributed by atoms with van der Waals surface area (Å²) < 4.78 is 0. The van der Waals surface area contributed by atoms with Crippen molar-refractivity contribution in [1.82, 2.24) is 5.32 Å². The Hall–Kier alpha value is -0.0400. The average molecular weight is 233 g/mol. The summed E-state index contributed by atoms with van der Waals surface area (Å²) in [5.41, 5.74) is 0. The van der Waals surface area contributed by atoms with E-state index in [-0.39, 0.29) is 0 Å². The molecule has 0 spiro atoms. The lowest BCUT2D eigenvalue weighted by Crippen LogP contribution is -2.56. The van der Waals surface area contributed by atoms with Crippen molar-refractivity contribution in [1.29, 1.82) is 0 Å². The number of hydrogen-bond acceptors (Lipinski definition) is 1. The van der Waals surface area contributed by atoms with Crippen LogP contribution in [0.15, 0.2) is 0 Å². The van der Waals surface area contributed by atoms with Crippen LogP contribution in [0.5, 0.6) is 0 Å². The molecule has 1 nitrogen and oxygen atoms in total. The Balaban J connectivity index is 1.44. The first-order chi connectivity index (χ1) is 8.28. The minimum absolute atomic E-state index is 0.868. The van der Waals surface area contributed by atoms with Crippen molar-refractivity contribution in [3.8, 4) is 0 Å².